The maximum atomic E-state index is 13.3. The molecule has 3 aliphatic rings. The van der Waals surface area contributed by atoms with Gasteiger partial charge in [-0.1, -0.05) is 25.3 Å². The predicted octanol–water partition coefficient (Wildman–Crippen LogP) is 3.50. The Morgan fingerprint density at radius 2 is 1.77 bits per heavy atom. The van der Waals surface area contributed by atoms with E-state index in [9.17, 15) is 4.79 Å². The highest BCUT2D eigenvalue weighted by Crippen LogP contribution is 2.34. The van der Waals surface area contributed by atoms with E-state index >= 15 is 0 Å². The van der Waals surface area contributed by atoms with Crippen molar-refractivity contribution >= 4 is 18.3 Å². The van der Waals surface area contributed by atoms with Gasteiger partial charge in [0.15, 0.2) is 11.5 Å². The van der Waals surface area contributed by atoms with Gasteiger partial charge in [0.2, 0.25) is 12.7 Å². The number of hydrogen-bond acceptors (Lipinski definition) is 4. The Kier molecular flexibility index (Phi) is 6.65. The van der Waals surface area contributed by atoms with E-state index in [1.54, 1.807) is 0 Å². The molecule has 2 fully saturated rings. The highest BCUT2D eigenvalue weighted by Gasteiger charge is 2.31. The number of amides is 1. The third kappa shape index (κ3) is 4.26. The average Bonchev–Trinajstić information content (AvgIpc) is 3.15. The summed E-state index contributed by atoms with van der Waals surface area (Å²) in [7, 11) is 0. The molecule has 1 amide bonds. The number of halogens is 1. The summed E-state index contributed by atoms with van der Waals surface area (Å²) >= 11 is 0. The quantitative estimate of drug-likeness (QED) is 0.868. The monoisotopic (exact) mass is 380 g/mol. The average molecular weight is 381 g/mol. The van der Waals surface area contributed by atoms with E-state index in [0.717, 1.165) is 55.8 Å². The second kappa shape index (κ2) is 8.96. The van der Waals surface area contributed by atoms with Crippen molar-refractivity contribution in [3.8, 4) is 11.5 Å². The molecule has 0 radical (unpaired) electrons. The van der Waals surface area contributed by atoms with E-state index in [-0.39, 0.29) is 18.3 Å². The van der Waals surface area contributed by atoms with Crippen LogP contribution in [-0.4, -0.2) is 36.7 Å². The molecular formula is C20H29ClN2O3. The zero-order valence-corrected chi connectivity index (χ0v) is 16.1. The first kappa shape index (κ1) is 19.3. The summed E-state index contributed by atoms with van der Waals surface area (Å²) < 4.78 is 10.9. The molecule has 0 atom stereocenters. The number of nitrogens with zero attached hydrogens (tertiary/aromatic N) is 1. The minimum Gasteiger partial charge on any atom is -0.454 e. The fraction of sp³-hybridized carbons (Fsp3) is 0.650. The lowest BCUT2D eigenvalue weighted by Crippen LogP contribution is -2.46. The summed E-state index contributed by atoms with van der Waals surface area (Å²) in [6.45, 7) is 2.89. The summed E-state index contributed by atoms with van der Waals surface area (Å²) in [6.07, 6.45) is 7.98. The van der Waals surface area contributed by atoms with Gasteiger partial charge in [-0.15, -0.1) is 12.4 Å². The van der Waals surface area contributed by atoms with Crippen molar-refractivity contribution in [1.82, 2.24) is 10.2 Å². The lowest BCUT2D eigenvalue weighted by molar-refractivity contribution is -0.140. The van der Waals surface area contributed by atoms with Crippen molar-refractivity contribution in [2.45, 2.75) is 57.5 Å². The molecule has 2 heterocycles. The van der Waals surface area contributed by atoms with Crippen LogP contribution in [0, 0.1) is 5.92 Å². The summed E-state index contributed by atoms with van der Waals surface area (Å²) in [5, 5.41) is 3.36. The van der Waals surface area contributed by atoms with Gasteiger partial charge in [0.1, 0.15) is 0 Å². The van der Waals surface area contributed by atoms with Crippen LogP contribution < -0.4 is 14.8 Å². The number of rotatable bonds is 4. The van der Waals surface area contributed by atoms with Crippen LogP contribution in [0.25, 0.3) is 0 Å². The molecule has 4 rings (SSSR count). The van der Waals surface area contributed by atoms with E-state index < -0.39 is 0 Å². The standard InChI is InChI=1S/C20H28N2O3.ClH/c23-20(16-8-10-21-11-9-16)22(17-4-2-1-3-5-17)13-15-6-7-18-19(12-15)25-14-24-18;/h6-7,12,16-17,21H,1-5,8-11,13-14H2;1H. The molecule has 2 aliphatic heterocycles. The zero-order valence-electron chi connectivity index (χ0n) is 15.2. The van der Waals surface area contributed by atoms with Gasteiger partial charge in [0.05, 0.1) is 0 Å². The first-order valence-corrected chi connectivity index (χ1v) is 9.71. The van der Waals surface area contributed by atoms with Crippen LogP contribution in [0.4, 0.5) is 0 Å². The Balaban J connectivity index is 0.00000196. The number of nitrogens with one attached hydrogen (secondary N) is 1. The number of ether oxygens (including phenoxy) is 2. The van der Waals surface area contributed by atoms with E-state index in [4.69, 9.17) is 9.47 Å². The van der Waals surface area contributed by atoms with Crippen LogP contribution in [0.1, 0.15) is 50.5 Å². The molecular weight excluding hydrogens is 352 g/mol. The van der Waals surface area contributed by atoms with Gasteiger partial charge < -0.3 is 19.7 Å². The number of carbonyl (C=O) groups is 1. The Hall–Kier alpha value is -1.46. The normalized spacial score (nSPS) is 20.5. The number of carbonyl (C=O) groups excluding carboxylic acids is 1. The van der Waals surface area contributed by atoms with Crippen LogP contribution in [0.15, 0.2) is 18.2 Å². The molecule has 1 N–H and O–H groups in total. The maximum absolute atomic E-state index is 13.3. The van der Waals surface area contributed by atoms with E-state index in [1.807, 2.05) is 12.1 Å². The molecule has 1 aliphatic carbocycles. The van der Waals surface area contributed by atoms with Gasteiger partial charge in [-0.05, 0) is 56.5 Å². The highest BCUT2D eigenvalue weighted by molar-refractivity contribution is 5.85. The topological polar surface area (TPSA) is 50.8 Å². The SMILES string of the molecule is Cl.O=C(C1CCNCC1)N(Cc1ccc2c(c1)OCO2)C1CCCCC1. The van der Waals surface area contributed by atoms with Gasteiger partial charge >= 0.3 is 0 Å². The molecule has 1 saturated carbocycles. The number of benzene rings is 1. The second-order valence-electron chi connectivity index (χ2n) is 7.47. The molecule has 0 bridgehead atoms. The minimum absolute atomic E-state index is 0. The molecule has 0 spiro atoms. The second-order valence-corrected chi connectivity index (χ2v) is 7.47. The zero-order chi connectivity index (χ0) is 17.1. The summed E-state index contributed by atoms with van der Waals surface area (Å²) in [4.78, 5) is 15.5. The summed E-state index contributed by atoms with van der Waals surface area (Å²) in [6, 6.07) is 6.46. The highest BCUT2D eigenvalue weighted by atomic mass is 35.5. The van der Waals surface area contributed by atoms with Crippen molar-refractivity contribution in [1.29, 1.82) is 0 Å². The first-order valence-electron chi connectivity index (χ1n) is 9.71. The van der Waals surface area contributed by atoms with Gasteiger partial charge in [0.25, 0.3) is 0 Å². The van der Waals surface area contributed by atoms with Crippen LogP contribution in [-0.2, 0) is 11.3 Å². The van der Waals surface area contributed by atoms with Crippen LogP contribution in [0.2, 0.25) is 0 Å². The molecule has 0 unspecified atom stereocenters. The number of piperidine rings is 1. The third-order valence-electron chi connectivity index (χ3n) is 5.78. The number of fused-ring (bicyclic) bond motifs is 1. The van der Waals surface area contributed by atoms with E-state index in [0.29, 0.717) is 25.3 Å². The Morgan fingerprint density at radius 3 is 2.54 bits per heavy atom. The van der Waals surface area contributed by atoms with Crippen molar-refractivity contribution < 1.29 is 14.3 Å². The maximum Gasteiger partial charge on any atom is 0.231 e. The fourth-order valence-electron chi connectivity index (χ4n) is 4.32. The Morgan fingerprint density at radius 1 is 1.04 bits per heavy atom. The largest absolute Gasteiger partial charge is 0.454 e. The third-order valence-corrected chi connectivity index (χ3v) is 5.78. The van der Waals surface area contributed by atoms with Gasteiger partial charge in [-0.25, -0.2) is 0 Å². The number of hydrogen-bond donors (Lipinski definition) is 1. The molecule has 1 aromatic carbocycles. The van der Waals surface area contributed by atoms with Crippen LogP contribution >= 0.6 is 12.4 Å². The molecule has 0 aromatic heterocycles. The van der Waals surface area contributed by atoms with Gasteiger partial charge in [0, 0.05) is 18.5 Å². The van der Waals surface area contributed by atoms with E-state index in [1.165, 1.54) is 19.3 Å². The lowest BCUT2D eigenvalue weighted by Gasteiger charge is -2.37. The van der Waals surface area contributed by atoms with Crippen LogP contribution in [0.5, 0.6) is 11.5 Å². The van der Waals surface area contributed by atoms with Crippen molar-refractivity contribution in [2.24, 2.45) is 5.92 Å². The molecule has 6 heteroatoms. The lowest BCUT2D eigenvalue weighted by atomic mass is 9.90. The van der Waals surface area contributed by atoms with Crippen molar-refractivity contribution in [3.63, 3.8) is 0 Å². The summed E-state index contributed by atoms with van der Waals surface area (Å²) in [5.41, 5.74) is 1.14. The molecule has 1 aromatic rings. The van der Waals surface area contributed by atoms with Crippen LogP contribution in [0.3, 0.4) is 0 Å². The Labute approximate surface area is 161 Å². The first-order chi connectivity index (χ1) is 12.3. The van der Waals surface area contributed by atoms with Gasteiger partial charge in [-0.3, -0.25) is 4.79 Å². The predicted molar refractivity (Wildman–Crippen MR) is 103 cm³/mol. The van der Waals surface area contributed by atoms with Crippen molar-refractivity contribution in [2.75, 3.05) is 19.9 Å². The molecule has 144 valence electrons. The molecule has 1 saturated heterocycles. The fourth-order valence-corrected chi connectivity index (χ4v) is 4.32. The van der Waals surface area contributed by atoms with Gasteiger partial charge in [-0.2, -0.15) is 0 Å². The smallest absolute Gasteiger partial charge is 0.231 e. The molecule has 5 nitrogen and oxygen atoms in total. The summed E-state index contributed by atoms with van der Waals surface area (Å²) in [5.74, 6) is 2.14. The molecule has 26 heavy (non-hydrogen) atoms. The minimum atomic E-state index is 0. The Bertz CT molecular complexity index is 613. The van der Waals surface area contributed by atoms with Crippen molar-refractivity contribution in [3.05, 3.63) is 23.8 Å². The van der Waals surface area contributed by atoms with E-state index in [2.05, 4.69) is 16.3 Å².